The normalized spacial score (nSPS) is 10.1. The van der Waals surface area contributed by atoms with E-state index >= 15 is 0 Å². The van der Waals surface area contributed by atoms with Crippen LogP contribution < -0.4 is 10.5 Å². The average molecular weight is 326 g/mol. The molecule has 0 amide bonds. The number of nitrogens with two attached hydrogens (primary N) is 1. The van der Waals surface area contributed by atoms with Crippen LogP contribution in [0.1, 0.15) is 5.56 Å². The van der Waals surface area contributed by atoms with Gasteiger partial charge in [-0.2, -0.15) is 0 Å². The second-order valence-electron chi connectivity index (χ2n) is 3.59. The first-order chi connectivity index (χ1) is 8.58. The molecule has 92 valence electrons. The van der Waals surface area contributed by atoms with Crippen LogP contribution in [0, 0.1) is 5.41 Å². The Labute approximate surface area is 118 Å². The zero-order chi connectivity index (χ0) is 13.1. The summed E-state index contributed by atoms with van der Waals surface area (Å²) in [5, 5.41) is 8.02. The van der Waals surface area contributed by atoms with Crippen molar-refractivity contribution >= 4 is 33.4 Å². The second kappa shape index (κ2) is 5.42. The van der Waals surface area contributed by atoms with Gasteiger partial charge < -0.3 is 10.5 Å². The number of halogens is 2. The molecule has 3 nitrogen and oxygen atoms in total. The van der Waals surface area contributed by atoms with Crippen LogP contribution in [-0.4, -0.2) is 5.84 Å². The van der Waals surface area contributed by atoms with E-state index in [1.54, 1.807) is 30.3 Å². The van der Waals surface area contributed by atoms with Gasteiger partial charge in [0.1, 0.15) is 17.3 Å². The molecule has 0 saturated heterocycles. The highest BCUT2D eigenvalue weighted by Crippen LogP contribution is 2.32. The highest BCUT2D eigenvalue weighted by atomic mass is 79.9. The maximum atomic E-state index is 7.52. The predicted octanol–water partition coefficient (Wildman–Crippen LogP) is 4.18. The van der Waals surface area contributed by atoms with Crippen molar-refractivity contribution in [3.63, 3.8) is 0 Å². The molecule has 18 heavy (non-hydrogen) atoms. The summed E-state index contributed by atoms with van der Waals surface area (Å²) in [5.74, 6) is 0.967. The zero-order valence-electron chi connectivity index (χ0n) is 9.28. The molecule has 0 heterocycles. The zero-order valence-corrected chi connectivity index (χ0v) is 11.6. The van der Waals surface area contributed by atoms with Crippen molar-refractivity contribution in [2.45, 2.75) is 0 Å². The number of benzene rings is 2. The molecule has 2 aromatic carbocycles. The number of hydrogen-bond acceptors (Lipinski definition) is 2. The van der Waals surface area contributed by atoms with Crippen molar-refractivity contribution in [2.24, 2.45) is 5.73 Å². The number of nitrogen functional groups attached to an aromatic ring is 1. The lowest BCUT2D eigenvalue weighted by molar-refractivity contribution is 0.481. The van der Waals surface area contributed by atoms with E-state index in [2.05, 4.69) is 15.9 Å². The topological polar surface area (TPSA) is 59.1 Å². The van der Waals surface area contributed by atoms with E-state index in [1.807, 2.05) is 12.1 Å². The van der Waals surface area contributed by atoms with E-state index in [0.717, 1.165) is 4.47 Å². The summed E-state index contributed by atoms with van der Waals surface area (Å²) < 4.78 is 6.54. The molecule has 0 aliphatic rings. The van der Waals surface area contributed by atoms with Crippen molar-refractivity contribution in [2.75, 3.05) is 0 Å². The number of hydrogen-bond donors (Lipinski definition) is 2. The lowest BCUT2D eigenvalue weighted by Gasteiger charge is -2.11. The van der Waals surface area contributed by atoms with Crippen LogP contribution in [0.2, 0.25) is 5.02 Å². The van der Waals surface area contributed by atoms with Crippen molar-refractivity contribution in [1.29, 1.82) is 5.41 Å². The van der Waals surface area contributed by atoms with Crippen LogP contribution in [0.3, 0.4) is 0 Å². The largest absolute Gasteiger partial charge is 0.455 e. The summed E-state index contributed by atoms with van der Waals surface area (Å²) in [4.78, 5) is 0. The lowest BCUT2D eigenvalue weighted by atomic mass is 10.2. The summed E-state index contributed by atoms with van der Waals surface area (Å²) in [6.45, 7) is 0. The summed E-state index contributed by atoms with van der Waals surface area (Å²) in [6.07, 6.45) is 0. The molecule has 2 rings (SSSR count). The Kier molecular flexibility index (Phi) is 3.89. The van der Waals surface area contributed by atoms with Crippen LogP contribution in [0.25, 0.3) is 0 Å². The van der Waals surface area contributed by atoms with Crippen molar-refractivity contribution in [3.05, 3.63) is 57.5 Å². The summed E-state index contributed by atoms with van der Waals surface area (Å²) in [5.41, 5.74) is 6.04. The Morgan fingerprint density at radius 3 is 2.56 bits per heavy atom. The maximum Gasteiger partial charge on any atom is 0.146 e. The molecular formula is C13H10BrClN2O. The van der Waals surface area contributed by atoms with E-state index in [1.165, 1.54) is 0 Å². The van der Waals surface area contributed by atoms with Gasteiger partial charge in [0.2, 0.25) is 0 Å². The van der Waals surface area contributed by atoms with Gasteiger partial charge in [-0.25, -0.2) is 0 Å². The molecule has 0 aliphatic heterocycles. The van der Waals surface area contributed by atoms with Crippen molar-refractivity contribution < 1.29 is 4.74 Å². The van der Waals surface area contributed by atoms with Gasteiger partial charge in [-0.15, -0.1) is 0 Å². The van der Waals surface area contributed by atoms with Gasteiger partial charge in [0, 0.05) is 4.47 Å². The number of para-hydroxylation sites is 1. The molecule has 0 bridgehead atoms. The standard InChI is InChI=1S/C13H10BrClN2O/c14-8-5-6-9(13(16)17)12(7-8)18-11-4-2-1-3-10(11)15/h1-7H,(H3,16,17). The molecule has 3 N–H and O–H groups in total. The third-order valence-electron chi connectivity index (χ3n) is 2.29. The van der Waals surface area contributed by atoms with Gasteiger partial charge in [0.05, 0.1) is 10.6 Å². The molecule has 0 spiro atoms. The first-order valence-electron chi connectivity index (χ1n) is 5.14. The van der Waals surface area contributed by atoms with Gasteiger partial charge >= 0.3 is 0 Å². The Bertz CT molecular complexity index is 601. The molecule has 2 aromatic rings. The monoisotopic (exact) mass is 324 g/mol. The molecule has 0 aromatic heterocycles. The minimum atomic E-state index is -0.0513. The van der Waals surface area contributed by atoms with E-state index in [0.29, 0.717) is 22.1 Å². The fraction of sp³-hybridized carbons (Fsp3) is 0. The Hall–Kier alpha value is -1.52. The van der Waals surface area contributed by atoms with Gasteiger partial charge in [-0.3, -0.25) is 5.41 Å². The molecule has 0 atom stereocenters. The van der Waals surface area contributed by atoms with Gasteiger partial charge in [-0.05, 0) is 30.3 Å². The van der Waals surface area contributed by atoms with Crippen molar-refractivity contribution in [1.82, 2.24) is 0 Å². The summed E-state index contributed by atoms with van der Waals surface area (Å²) >= 11 is 9.38. The fourth-order valence-corrected chi connectivity index (χ4v) is 1.96. The number of ether oxygens (including phenoxy) is 1. The highest BCUT2D eigenvalue weighted by Gasteiger charge is 2.10. The van der Waals surface area contributed by atoms with Gasteiger partial charge in [0.15, 0.2) is 0 Å². The van der Waals surface area contributed by atoms with E-state index in [9.17, 15) is 0 Å². The lowest BCUT2D eigenvalue weighted by Crippen LogP contribution is -2.12. The summed E-state index contributed by atoms with van der Waals surface area (Å²) in [6, 6.07) is 12.4. The predicted molar refractivity (Wildman–Crippen MR) is 76.7 cm³/mol. The fourth-order valence-electron chi connectivity index (χ4n) is 1.45. The molecule has 0 saturated carbocycles. The van der Waals surface area contributed by atoms with Gasteiger partial charge in [-0.1, -0.05) is 39.7 Å². The Morgan fingerprint density at radius 2 is 1.89 bits per heavy atom. The Morgan fingerprint density at radius 1 is 1.17 bits per heavy atom. The van der Waals surface area contributed by atoms with E-state index < -0.39 is 0 Å². The van der Waals surface area contributed by atoms with Crippen LogP contribution in [-0.2, 0) is 0 Å². The minimum absolute atomic E-state index is 0.0513. The molecule has 0 aliphatic carbocycles. The number of nitrogens with one attached hydrogen (secondary N) is 1. The van der Waals surface area contributed by atoms with Crippen molar-refractivity contribution in [3.8, 4) is 11.5 Å². The summed E-state index contributed by atoms with van der Waals surface area (Å²) in [7, 11) is 0. The molecule has 0 unspecified atom stereocenters. The van der Waals surface area contributed by atoms with E-state index in [-0.39, 0.29) is 5.84 Å². The van der Waals surface area contributed by atoms with Crippen LogP contribution in [0.15, 0.2) is 46.9 Å². The van der Waals surface area contributed by atoms with E-state index in [4.69, 9.17) is 27.5 Å². The first-order valence-corrected chi connectivity index (χ1v) is 6.31. The number of amidine groups is 1. The van der Waals surface area contributed by atoms with Crippen LogP contribution >= 0.6 is 27.5 Å². The highest BCUT2D eigenvalue weighted by molar-refractivity contribution is 9.10. The maximum absolute atomic E-state index is 7.52. The third kappa shape index (κ3) is 2.83. The minimum Gasteiger partial charge on any atom is -0.455 e. The van der Waals surface area contributed by atoms with Gasteiger partial charge in [0.25, 0.3) is 0 Å². The third-order valence-corrected chi connectivity index (χ3v) is 3.10. The molecule has 0 radical (unpaired) electrons. The molecule has 5 heteroatoms. The van der Waals surface area contributed by atoms with Crippen LogP contribution in [0.4, 0.5) is 0 Å². The number of rotatable bonds is 3. The Balaban J connectivity index is 2.42. The second-order valence-corrected chi connectivity index (χ2v) is 4.91. The average Bonchev–Trinajstić information content (AvgIpc) is 2.32. The molecular weight excluding hydrogens is 316 g/mol. The smallest absolute Gasteiger partial charge is 0.146 e. The van der Waals surface area contributed by atoms with Crippen LogP contribution in [0.5, 0.6) is 11.5 Å². The molecule has 0 fully saturated rings. The quantitative estimate of drug-likeness (QED) is 0.657. The SMILES string of the molecule is N=C(N)c1ccc(Br)cc1Oc1ccccc1Cl. The first kappa shape index (κ1) is 12.9.